The van der Waals surface area contributed by atoms with E-state index in [-0.39, 0.29) is 0 Å². The van der Waals surface area contributed by atoms with E-state index in [0.29, 0.717) is 12.1 Å². The molecular weight excluding hydrogens is 232 g/mol. The van der Waals surface area contributed by atoms with Crippen LogP contribution in [0, 0.1) is 0 Å². The molecule has 1 saturated carbocycles. The van der Waals surface area contributed by atoms with Crippen molar-refractivity contribution in [2.45, 2.75) is 57.7 Å². The summed E-state index contributed by atoms with van der Waals surface area (Å²) in [6.45, 7) is 3.08. The fourth-order valence-corrected chi connectivity index (χ4v) is 3.18. The number of nitrogens with zero attached hydrogens (tertiary/aromatic N) is 1. The second kappa shape index (κ2) is 6.47. The normalized spacial score (nSPS) is 25.1. The highest BCUT2D eigenvalue weighted by Crippen LogP contribution is 2.21. The molecule has 1 fully saturated rings. The molecule has 0 spiro atoms. The lowest BCUT2D eigenvalue weighted by Crippen LogP contribution is -2.36. The zero-order chi connectivity index (χ0) is 12.1. The molecule has 4 heteroatoms. The van der Waals surface area contributed by atoms with Gasteiger partial charge in [0, 0.05) is 30.8 Å². The van der Waals surface area contributed by atoms with Gasteiger partial charge in [-0.15, -0.1) is 11.3 Å². The van der Waals surface area contributed by atoms with Crippen molar-refractivity contribution in [2.75, 3.05) is 7.11 Å². The summed E-state index contributed by atoms with van der Waals surface area (Å²) in [4.78, 5) is 5.81. The maximum atomic E-state index is 5.44. The van der Waals surface area contributed by atoms with Crippen LogP contribution in [0.15, 0.2) is 6.20 Å². The zero-order valence-electron chi connectivity index (χ0n) is 10.7. The molecule has 0 amide bonds. The van der Waals surface area contributed by atoms with Crippen LogP contribution in [0.3, 0.4) is 0 Å². The second-order valence-corrected chi connectivity index (χ2v) is 5.88. The van der Waals surface area contributed by atoms with E-state index in [1.807, 2.05) is 24.6 Å². The Balaban J connectivity index is 1.77. The van der Waals surface area contributed by atoms with E-state index in [4.69, 9.17) is 4.74 Å². The van der Waals surface area contributed by atoms with Crippen LogP contribution in [0.5, 0.6) is 0 Å². The van der Waals surface area contributed by atoms with Crippen LogP contribution in [0.2, 0.25) is 0 Å². The Labute approximate surface area is 108 Å². The average molecular weight is 254 g/mol. The fraction of sp³-hybridized carbons (Fsp3) is 0.769. The van der Waals surface area contributed by atoms with Crippen LogP contribution in [0.25, 0.3) is 0 Å². The molecule has 0 aliphatic heterocycles. The van der Waals surface area contributed by atoms with Gasteiger partial charge in [-0.3, -0.25) is 0 Å². The van der Waals surface area contributed by atoms with E-state index in [1.165, 1.54) is 29.1 Å². The summed E-state index contributed by atoms with van der Waals surface area (Å²) in [5.41, 5.74) is 0. The van der Waals surface area contributed by atoms with E-state index in [2.05, 4.69) is 17.2 Å². The van der Waals surface area contributed by atoms with Gasteiger partial charge in [0.1, 0.15) is 5.01 Å². The highest BCUT2D eigenvalue weighted by Gasteiger charge is 2.21. The number of ether oxygens (including phenoxy) is 1. The minimum Gasteiger partial charge on any atom is -0.381 e. The molecule has 1 heterocycles. The highest BCUT2D eigenvalue weighted by molar-refractivity contribution is 7.11. The molecule has 0 saturated heterocycles. The maximum Gasteiger partial charge on any atom is 0.107 e. The first-order chi connectivity index (χ1) is 8.31. The molecule has 3 nitrogen and oxygen atoms in total. The Morgan fingerprint density at radius 1 is 1.53 bits per heavy atom. The number of hydrogen-bond acceptors (Lipinski definition) is 4. The lowest BCUT2D eigenvalue weighted by atomic mass is 9.93. The summed E-state index contributed by atoms with van der Waals surface area (Å²) < 4.78 is 5.44. The Morgan fingerprint density at radius 3 is 3.12 bits per heavy atom. The van der Waals surface area contributed by atoms with Crippen molar-refractivity contribution in [2.24, 2.45) is 0 Å². The third-order valence-electron chi connectivity index (χ3n) is 3.45. The fourth-order valence-electron chi connectivity index (χ4n) is 2.37. The maximum absolute atomic E-state index is 5.44. The van der Waals surface area contributed by atoms with Crippen LogP contribution >= 0.6 is 11.3 Å². The summed E-state index contributed by atoms with van der Waals surface area (Å²) in [5.74, 6) is 0. The Kier molecular flexibility index (Phi) is 4.95. The topological polar surface area (TPSA) is 34.2 Å². The number of thiazole rings is 1. The molecule has 1 N–H and O–H groups in total. The van der Waals surface area contributed by atoms with E-state index >= 15 is 0 Å². The number of methoxy groups -OCH3 is 1. The second-order valence-electron chi connectivity index (χ2n) is 4.68. The van der Waals surface area contributed by atoms with Gasteiger partial charge in [-0.1, -0.05) is 6.92 Å². The predicted octanol–water partition coefficient (Wildman–Crippen LogP) is 2.75. The molecule has 1 aliphatic rings. The van der Waals surface area contributed by atoms with Gasteiger partial charge in [0.05, 0.1) is 6.10 Å². The van der Waals surface area contributed by atoms with Gasteiger partial charge in [-0.2, -0.15) is 0 Å². The van der Waals surface area contributed by atoms with Gasteiger partial charge in [-0.25, -0.2) is 4.98 Å². The lowest BCUT2D eigenvalue weighted by Gasteiger charge is -2.28. The molecular formula is C13H22N2OS. The number of nitrogens with one attached hydrogen (secondary N) is 1. The standard InChI is InChI=1S/C13H22N2OS/c1-3-12-8-15-13(17-12)9-14-10-5-4-6-11(7-10)16-2/h8,10-11,14H,3-7,9H2,1-2H3. The van der Waals surface area contributed by atoms with Gasteiger partial charge < -0.3 is 10.1 Å². The minimum absolute atomic E-state index is 0.448. The molecule has 0 bridgehead atoms. The summed E-state index contributed by atoms with van der Waals surface area (Å²) in [7, 11) is 1.82. The van der Waals surface area contributed by atoms with E-state index in [9.17, 15) is 0 Å². The van der Waals surface area contributed by atoms with E-state index in [0.717, 1.165) is 19.4 Å². The van der Waals surface area contributed by atoms with Crippen LogP contribution in [0.1, 0.15) is 42.5 Å². The van der Waals surface area contributed by atoms with E-state index in [1.54, 1.807) is 0 Å². The van der Waals surface area contributed by atoms with Gasteiger partial charge in [0.2, 0.25) is 0 Å². The van der Waals surface area contributed by atoms with Crippen LogP contribution in [-0.4, -0.2) is 24.2 Å². The third kappa shape index (κ3) is 3.76. The monoisotopic (exact) mass is 254 g/mol. The largest absolute Gasteiger partial charge is 0.381 e. The van der Waals surface area contributed by atoms with E-state index < -0.39 is 0 Å². The molecule has 0 radical (unpaired) electrons. The number of rotatable bonds is 5. The molecule has 2 atom stereocenters. The van der Waals surface area contributed by atoms with Crippen molar-refractivity contribution < 1.29 is 4.74 Å². The predicted molar refractivity (Wildman–Crippen MR) is 71.4 cm³/mol. The summed E-state index contributed by atoms with van der Waals surface area (Å²) in [6.07, 6.45) is 8.44. The Hall–Kier alpha value is -0.450. The number of aromatic nitrogens is 1. The quantitative estimate of drug-likeness (QED) is 0.877. The minimum atomic E-state index is 0.448. The van der Waals surface area contributed by atoms with Crippen molar-refractivity contribution >= 4 is 11.3 Å². The average Bonchev–Trinajstić information content (AvgIpc) is 2.84. The van der Waals surface area contributed by atoms with Crippen molar-refractivity contribution in [3.63, 3.8) is 0 Å². The first kappa shape index (κ1) is 13.0. The molecule has 0 aromatic carbocycles. The van der Waals surface area contributed by atoms with Gasteiger partial charge >= 0.3 is 0 Å². The SMILES string of the molecule is CCc1cnc(CNC2CCCC(OC)C2)s1. The van der Waals surface area contributed by atoms with Gasteiger partial charge in [0.15, 0.2) is 0 Å². The smallest absolute Gasteiger partial charge is 0.107 e. The molecule has 17 heavy (non-hydrogen) atoms. The highest BCUT2D eigenvalue weighted by atomic mass is 32.1. The first-order valence-corrected chi connectivity index (χ1v) is 7.33. The molecule has 1 aromatic heterocycles. The van der Waals surface area contributed by atoms with Crippen LogP contribution < -0.4 is 5.32 Å². The van der Waals surface area contributed by atoms with Crippen LogP contribution in [-0.2, 0) is 17.7 Å². The zero-order valence-corrected chi connectivity index (χ0v) is 11.6. The Morgan fingerprint density at radius 2 is 2.41 bits per heavy atom. The summed E-state index contributed by atoms with van der Waals surface area (Å²) in [6, 6.07) is 0.600. The van der Waals surface area contributed by atoms with Crippen molar-refractivity contribution in [1.82, 2.24) is 10.3 Å². The van der Waals surface area contributed by atoms with Crippen LogP contribution in [0.4, 0.5) is 0 Å². The summed E-state index contributed by atoms with van der Waals surface area (Å²) in [5, 5.41) is 4.82. The van der Waals surface area contributed by atoms with Crippen molar-refractivity contribution in [3.05, 3.63) is 16.1 Å². The number of aryl methyl sites for hydroxylation is 1. The Bertz CT molecular complexity index is 340. The van der Waals surface area contributed by atoms with Crippen molar-refractivity contribution in [1.29, 1.82) is 0 Å². The third-order valence-corrected chi connectivity index (χ3v) is 4.59. The molecule has 96 valence electrons. The van der Waals surface area contributed by atoms with Gasteiger partial charge in [-0.05, 0) is 32.1 Å². The van der Waals surface area contributed by atoms with Crippen molar-refractivity contribution in [3.8, 4) is 0 Å². The summed E-state index contributed by atoms with van der Waals surface area (Å²) >= 11 is 1.82. The van der Waals surface area contributed by atoms with Gasteiger partial charge in [0.25, 0.3) is 0 Å². The molecule has 1 aromatic rings. The molecule has 2 rings (SSSR count). The molecule has 1 aliphatic carbocycles. The first-order valence-electron chi connectivity index (χ1n) is 6.51. The lowest BCUT2D eigenvalue weighted by molar-refractivity contribution is 0.0586. The number of hydrogen-bond donors (Lipinski definition) is 1. The molecule has 2 unspecified atom stereocenters.